The maximum atomic E-state index is 11.7. The van der Waals surface area contributed by atoms with Crippen LogP contribution in [0.25, 0.3) is 0 Å². The number of rotatable bonds is 5. The minimum atomic E-state index is -0.135. The van der Waals surface area contributed by atoms with Crippen molar-refractivity contribution in [1.82, 2.24) is 9.97 Å². The quantitative estimate of drug-likeness (QED) is 0.787. The van der Waals surface area contributed by atoms with Gasteiger partial charge in [0, 0.05) is 12.1 Å². The number of carbonyl (C=O) groups is 1. The van der Waals surface area contributed by atoms with Crippen molar-refractivity contribution in [2.75, 3.05) is 11.9 Å². The van der Waals surface area contributed by atoms with Crippen molar-refractivity contribution in [3.63, 3.8) is 0 Å². The molecule has 1 amide bonds. The molecule has 3 N–H and O–H groups in total. The minimum Gasteiger partial charge on any atom is -0.330 e. The van der Waals surface area contributed by atoms with E-state index in [0.29, 0.717) is 23.8 Å². The first-order valence-corrected chi connectivity index (χ1v) is 5.94. The highest BCUT2D eigenvalue weighted by Crippen LogP contribution is 2.11. The largest absolute Gasteiger partial charge is 0.330 e. The normalized spacial score (nSPS) is 12.2. The molecule has 0 aliphatic rings. The molecule has 17 heavy (non-hydrogen) atoms. The summed E-state index contributed by atoms with van der Waals surface area (Å²) in [5.74, 6) is 0.297. The van der Waals surface area contributed by atoms with Gasteiger partial charge in [-0.3, -0.25) is 10.1 Å². The smallest absolute Gasteiger partial charge is 0.231 e. The lowest BCUT2D eigenvalue weighted by molar-refractivity contribution is -0.117. The topological polar surface area (TPSA) is 80.9 Å². The molecule has 0 aliphatic heterocycles. The fourth-order valence-corrected chi connectivity index (χ4v) is 1.66. The maximum Gasteiger partial charge on any atom is 0.231 e. The van der Waals surface area contributed by atoms with Crippen molar-refractivity contribution in [3.05, 3.63) is 16.9 Å². The summed E-state index contributed by atoms with van der Waals surface area (Å²) in [5.41, 5.74) is 6.25. The lowest BCUT2D eigenvalue weighted by Crippen LogP contribution is -2.22. The highest BCUT2D eigenvalue weighted by Gasteiger charge is 2.12. The molecule has 0 aliphatic carbocycles. The second-order valence-corrected chi connectivity index (χ2v) is 4.31. The fourth-order valence-electron chi connectivity index (χ4n) is 1.42. The van der Waals surface area contributed by atoms with Crippen molar-refractivity contribution in [1.29, 1.82) is 0 Å². The number of aromatic nitrogens is 2. The van der Waals surface area contributed by atoms with Crippen molar-refractivity contribution in [2.45, 2.75) is 26.7 Å². The van der Waals surface area contributed by atoms with Crippen LogP contribution in [-0.2, 0) is 4.79 Å². The number of amides is 1. The number of anilines is 1. The Balaban J connectivity index is 2.61. The van der Waals surface area contributed by atoms with Gasteiger partial charge in [-0.25, -0.2) is 9.97 Å². The predicted octanol–water partition coefficient (Wildman–Crippen LogP) is 1.75. The molecule has 6 heteroatoms. The van der Waals surface area contributed by atoms with Crippen LogP contribution in [0.4, 0.5) is 5.95 Å². The van der Waals surface area contributed by atoms with Gasteiger partial charge in [0.1, 0.15) is 5.15 Å². The molecule has 0 saturated carbocycles. The number of nitrogens with zero attached hydrogens (tertiary/aromatic N) is 2. The summed E-state index contributed by atoms with van der Waals surface area (Å²) in [6.45, 7) is 4.29. The zero-order valence-corrected chi connectivity index (χ0v) is 10.8. The Hall–Kier alpha value is -1.20. The zero-order valence-electron chi connectivity index (χ0n) is 10.0. The first kappa shape index (κ1) is 13.9. The SMILES string of the molecule is CCC(CN)CC(=O)Nc1nc(C)cc(Cl)n1. The van der Waals surface area contributed by atoms with Crippen LogP contribution in [0.2, 0.25) is 5.15 Å². The molecule has 1 unspecified atom stereocenters. The third-order valence-corrected chi connectivity index (χ3v) is 2.65. The van der Waals surface area contributed by atoms with E-state index < -0.39 is 0 Å². The van der Waals surface area contributed by atoms with E-state index in [1.54, 1.807) is 13.0 Å². The van der Waals surface area contributed by atoms with Gasteiger partial charge in [0.05, 0.1) is 0 Å². The van der Waals surface area contributed by atoms with Crippen LogP contribution in [0.15, 0.2) is 6.07 Å². The first-order chi connectivity index (χ1) is 8.05. The van der Waals surface area contributed by atoms with E-state index in [1.165, 1.54) is 0 Å². The molecule has 1 heterocycles. The van der Waals surface area contributed by atoms with Crippen LogP contribution >= 0.6 is 11.6 Å². The van der Waals surface area contributed by atoms with Gasteiger partial charge in [0.2, 0.25) is 11.9 Å². The predicted molar refractivity (Wildman–Crippen MR) is 67.9 cm³/mol. The summed E-state index contributed by atoms with van der Waals surface area (Å²) in [5, 5.41) is 2.94. The maximum absolute atomic E-state index is 11.7. The molecule has 0 saturated heterocycles. The summed E-state index contributed by atoms with van der Waals surface area (Å²) >= 11 is 5.77. The number of nitrogens with two attached hydrogens (primary N) is 1. The minimum absolute atomic E-state index is 0.135. The van der Waals surface area contributed by atoms with Gasteiger partial charge in [-0.1, -0.05) is 24.9 Å². The lowest BCUT2D eigenvalue weighted by Gasteiger charge is -2.11. The average Bonchev–Trinajstić information content (AvgIpc) is 2.24. The Kier molecular flexibility index (Phi) is 5.31. The molecular weight excluding hydrogens is 240 g/mol. The van der Waals surface area contributed by atoms with Crippen LogP contribution < -0.4 is 11.1 Å². The van der Waals surface area contributed by atoms with Crippen molar-refractivity contribution < 1.29 is 4.79 Å². The highest BCUT2D eigenvalue weighted by molar-refractivity contribution is 6.29. The molecule has 0 bridgehead atoms. The van der Waals surface area contributed by atoms with Gasteiger partial charge in [-0.15, -0.1) is 0 Å². The Morgan fingerprint density at radius 2 is 2.29 bits per heavy atom. The Morgan fingerprint density at radius 1 is 1.59 bits per heavy atom. The van der Waals surface area contributed by atoms with Gasteiger partial charge in [0.25, 0.3) is 0 Å². The van der Waals surface area contributed by atoms with E-state index in [1.807, 2.05) is 6.92 Å². The van der Waals surface area contributed by atoms with Gasteiger partial charge < -0.3 is 5.73 Å². The van der Waals surface area contributed by atoms with E-state index in [9.17, 15) is 4.79 Å². The molecule has 0 fully saturated rings. The van der Waals surface area contributed by atoms with E-state index in [0.717, 1.165) is 6.42 Å². The van der Waals surface area contributed by atoms with Crippen molar-refractivity contribution in [3.8, 4) is 0 Å². The molecule has 94 valence electrons. The van der Waals surface area contributed by atoms with Gasteiger partial charge in [-0.05, 0) is 25.5 Å². The molecule has 0 aromatic carbocycles. The molecule has 1 aromatic heterocycles. The summed E-state index contributed by atoms with van der Waals surface area (Å²) in [6, 6.07) is 1.63. The van der Waals surface area contributed by atoms with Gasteiger partial charge >= 0.3 is 0 Å². The third kappa shape index (κ3) is 4.66. The van der Waals surface area contributed by atoms with Crippen molar-refractivity contribution in [2.24, 2.45) is 11.7 Å². The Labute approximate surface area is 106 Å². The summed E-state index contributed by atoms with van der Waals surface area (Å²) in [7, 11) is 0. The second kappa shape index (κ2) is 6.51. The molecular formula is C11H17ClN4O. The number of hydrogen-bond acceptors (Lipinski definition) is 4. The summed E-state index contributed by atoms with van der Waals surface area (Å²) in [4.78, 5) is 19.7. The average molecular weight is 257 g/mol. The number of hydrogen-bond donors (Lipinski definition) is 2. The number of carbonyl (C=O) groups excluding carboxylic acids is 1. The Morgan fingerprint density at radius 3 is 2.82 bits per heavy atom. The van der Waals surface area contributed by atoms with E-state index >= 15 is 0 Å². The number of aryl methyl sites for hydroxylation is 1. The number of nitrogens with one attached hydrogen (secondary N) is 1. The zero-order chi connectivity index (χ0) is 12.8. The van der Waals surface area contributed by atoms with E-state index in [-0.39, 0.29) is 17.8 Å². The third-order valence-electron chi connectivity index (χ3n) is 2.46. The van der Waals surface area contributed by atoms with E-state index in [4.69, 9.17) is 17.3 Å². The van der Waals surface area contributed by atoms with E-state index in [2.05, 4.69) is 15.3 Å². The standard InChI is InChI=1S/C11H17ClN4O/c1-3-8(6-13)5-10(17)16-11-14-7(2)4-9(12)15-11/h4,8H,3,5-6,13H2,1-2H3,(H,14,15,16,17). The van der Waals surface area contributed by atoms with Gasteiger partial charge in [-0.2, -0.15) is 0 Å². The molecule has 0 radical (unpaired) electrons. The molecule has 1 atom stereocenters. The number of halogens is 1. The highest BCUT2D eigenvalue weighted by atomic mass is 35.5. The fraction of sp³-hybridized carbons (Fsp3) is 0.545. The molecule has 1 aromatic rings. The first-order valence-electron chi connectivity index (χ1n) is 5.56. The monoisotopic (exact) mass is 256 g/mol. The van der Waals surface area contributed by atoms with Crippen LogP contribution in [0.3, 0.4) is 0 Å². The second-order valence-electron chi connectivity index (χ2n) is 3.92. The van der Waals surface area contributed by atoms with Crippen LogP contribution in [0, 0.1) is 12.8 Å². The summed E-state index contributed by atoms with van der Waals surface area (Å²) in [6.07, 6.45) is 1.25. The summed E-state index contributed by atoms with van der Waals surface area (Å²) < 4.78 is 0. The lowest BCUT2D eigenvalue weighted by atomic mass is 10.0. The Bertz CT molecular complexity index is 373. The van der Waals surface area contributed by atoms with Crippen molar-refractivity contribution >= 4 is 23.5 Å². The van der Waals surface area contributed by atoms with Crippen LogP contribution in [0.1, 0.15) is 25.5 Å². The molecule has 5 nitrogen and oxygen atoms in total. The van der Waals surface area contributed by atoms with Crippen LogP contribution in [-0.4, -0.2) is 22.4 Å². The molecule has 0 spiro atoms. The van der Waals surface area contributed by atoms with Crippen LogP contribution in [0.5, 0.6) is 0 Å². The molecule has 1 rings (SSSR count). The van der Waals surface area contributed by atoms with Gasteiger partial charge in [0.15, 0.2) is 0 Å².